The van der Waals surface area contributed by atoms with Crippen LogP contribution in [-0.2, 0) is 11.3 Å². The second kappa shape index (κ2) is 7.33. The molecule has 0 saturated carbocycles. The molecule has 0 unspecified atom stereocenters. The molecule has 0 bridgehead atoms. The number of aryl methyl sites for hydroxylation is 1. The maximum atomic E-state index is 11.9. The minimum atomic E-state index is -0.112. The highest BCUT2D eigenvalue weighted by molar-refractivity contribution is 5.81. The van der Waals surface area contributed by atoms with Crippen LogP contribution in [0.4, 0.5) is 0 Å². The Morgan fingerprint density at radius 2 is 2.19 bits per heavy atom. The Bertz CT molecular complexity index is 479. The average Bonchev–Trinajstić information content (AvgIpc) is 2.90. The van der Waals surface area contributed by atoms with Crippen molar-refractivity contribution in [2.45, 2.75) is 26.4 Å². The fraction of sp³-hybridized carbons (Fsp3) is 0.643. The first kappa shape index (κ1) is 15.7. The zero-order valence-electron chi connectivity index (χ0n) is 12.7. The molecule has 116 valence electrons. The van der Waals surface area contributed by atoms with Crippen molar-refractivity contribution in [3.05, 3.63) is 24.4 Å². The average molecular weight is 293 g/mol. The van der Waals surface area contributed by atoms with Crippen molar-refractivity contribution >= 4 is 5.91 Å². The molecule has 0 spiro atoms. The van der Waals surface area contributed by atoms with Crippen LogP contribution in [-0.4, -0.2) is 64.6 Å². The predicted octanol–water partition coefficient (Wildman–Crippen LogP) is 0.186. The van der Waals surface area contributed by atoms with Gasteiger partial charge in [0.05, 0.1) is 12.6 Å². The molecule has 1 aromatic rings. The largest absolute Gasteiger partial charge is 0.351 e. The third-order valence-electron chi connectivity index (χ3n) is 3.69. The van der Waals surface area contributed by atoms with Crippen LogP contribution in [0, 0.1) is 6.92 Å². The van der Waals surface area contributed by atoms with Crippen molar-refractivity contribution in [3.63, 3.8) is 0 Å². The summed E-state index contributed by atoms with van der Waals surface area (Å²) >= 11 is 0. The maximum absolute atomic E-state index is 11.9. The summed E-state index contributed by atoms with van der Waals surface area (Å²) in [5.74, 6) is 1.37. The van der Waals surface area contributed by atoms with E-state index >= 15 is 0 Å². The summed E-state index contributed by atoms with van der Waals surface area (Å²) in [6.45, 7) is 12.1. The summed E-state index contributed by atoms with van der Waals surface area (Å²) in [5, 5.41) is 6.75. The van der Waals surface area contributed by atoms with E-state index in [-0.39, 0.29) is 11.9 Å². The number of hydrogen-bond donors (Lipinski definition) is 1. The van der Waals surface area contributed by atoms with Gasteiger partial charge < -0.3 is 9.84 Å². The molecule has 1 amide bonds. The number of aromatic nitrogens is 2. The first-order chi connectivity index (χ1) is 10.1. The van der Waals surface area contributed by atoms with Crippen LogP contribution >= 0.6 is 0 Å². The summed E-state index contributed by atoms with van der Waals surface area (Å²) in [7, 11) is 0. The molecule has 0 aliphatic carbocycles. The third kappa shape index (κ3) is 4.37. The fourth-order valence-electron chi connectivity index (χ4n) is 2.40. The quantitative estimate of drug-likeness (QED) is 0.755. The number of nitrogens with one attached hydrogen (secondary N) is 1. The standard InChI is InChI=1S/C14H23N5O2/c1-4-5-15-14(20)11(2)19-8-6-18(7-9-19)10-13-16-12(3)21-17-13/h4,11H,1,5-10H2,2-3H3,(H,15,20)/t11-/m1/s1. The lowest BCUT2D eigenvalue weighted by molar-refractivity contribution is -0.126. The third-order valence-corrected chi connectivity index (χ3v) is 3.69. The molecular formula is C14H23N5O2. The van der Waals surface area contributed by atoms with Crippen molar-refractivity contribution in [2.75, 3.05) is 32.7 Å². The number of piperazine rings is 1. The van der Waals surface area contributed by atoms with Crippen molar-refractivity contribution in [1.82, 2.24) is 25.3 Å². The van der Waals surface area contributed by atoms with Gasteiger partial charge in [0.1, 0.15) is 0 Å². The molecule has 1 aliphatic rings. The van der Waals surface area contributed by atoms with E-state index in [0.29, 0.717) is 19.0 Å². The van der Waals surface area contributed by atoms with Crippen LogP contribution in [0.25, 0.3) is 0 Å². The Kier molecular flexibility index (Phi) is 5.46. The Morgan fingerprint density at radius 3 is 2.76 bits per heavy atom. The minimum absolute atomic E-state index is 0.0529. The lowest BCUT2D eigenvalue weighted by Crippen LogP contribution is -2.53. The molecule has 1 atom stereocenters. The number of amides is 1. The van der Waals surface area contributed by atoms with E-state index < -0.39 is 0 Å². The van der Waals surface area contributed by atoms with Gasteiger partial charge >= 0.3 is 0 Å². The normalized spacial score (nSPS) is 18.4. The summed E-state index contributed by atoms with van der Waals surface area (Å²) in [6, 6.07) is -0.112. The van der Waals surface area contributed by atoms with E-state index in [1.165, 1.54) is 0 Å². The highest BCUT2D eigenvalue weighted by Crippen LogP contribution is 2.09. The molecular weight excluding hydrogens is 270 g/mol. The number of rotatable bonds is 6. The second-order valence-corrected chi connectivity index (χ2v) is 5.25. The van der Waals surface area contributed by atoms with Gasteiger partial charge in [-0.05, 0) is 6.92 Å². The van der Waals surface area contributed by atoms with Crippen LogP contribution in [0.5, 0.6) is 0 Å². The summed E-state index contributed by atoms with van der Waals surface area (Å²) in [5.41, 5.74) is 0. The van der Waals surface area contributed by atoms with Gasteiger partial charge in [-0.1, -0.05) is 11.2 Å². The molecule has 1 aromatic heterocycles. The molecule has 1 N–H and O–H groups in total. The lowest BCUT2D eigenvalue weighted by Gasteiger charge is -2.36. The van der Waals surface area contributed by atoms with Crippen molar-refractivity contribution < 1.29 is 9.32 Å². The van der Waals surface area contributed by atoms with Gasteiger partial charge in [0, 0.05) is 39.6 Å². The monoisotopic (exact) mass is 293 g/mol. The van der Waals surface area contributed by atoms with E-state index in [1.807, 2.05) is 6.92 Å². The van der Waals surface area contributed by atoms with Crippen LogP contribution in [0.3, 0.4) is 0 Å². The molecule has 1 saturated heterocycles. The molecule has 7 heteroatoms. The van der Waals surface area contributed by atoms with Crippen molar-refractivity contribution in [2.24, 2.45) is 0 Å². The van der Waals surface area contributed by atoms with Gasteiger partial charge in [0.15, 0.2) is 5.82 Å². The first-order valence-corrected chi connectivity index (χ1v) is 7.24. The summed E-state index contributed by atoms with van der Waals surface area (Å²) in [6.07, 6.45) is 1.69. The number of hydrogen-bond acceptors (Lipinski definition) is 6. The highest BCUT2D eigenvalue weighted by Gasteiger charge is 2.25. The molecule has 0 aromatic carbocycles. The maximum Gasteiger partial charge on any atom is 0.237 e. The van der Waals surface area contributed by atoms with Gasteiger partial charge in [0.25, 0.3) is 0 Å². The summed E-state index contributed by atoms with van der Waals surface area (Å²) < 4.78 is 4.98. The van der Waals surface area contributed by atoms with Crippen LogP contribution in [0.15, 0.2) is 17.2 Å². The van der Waals surface area contributed by atoms with E-state index in [1.54, 1.807) is 13.0 Å². The van der Waals surface area contributed by atoms with Crippen molar-refractivity contribution in [1.29, 1.82) is 0 Å². The Hall–Kier alpha value is -1.73. The van der Waals surface area contributed by atoms with E-state index in [4.69, 9.17) is 4.52 Å². The van der Waals surface area contributed by atoms with Gasteiger partial charge in [-0.3, -0.25) is 14.6 Å². The van der Waals surface area contributed by atoms with E-state index in [9.17, 15) is 4.79 Å². The van der Waals surface area contributed by atoms with Gasteiger partial charge in [-0.15, -0.1) is 6.58 Å². The van der Waals surface area contributed by atoms with Crippen LogP contribution in [0.2, 0.25) is 0 Å². The Labute approximate surface area is 125 Å². The van der Waals surface area contributed by atoms with Gasteiger partial charge in [-0.2, -0.15) is 4.98 Å². The zero-order valence-corrected chi connectivity index (χ0v) is 12.7. The number of carbonyl (C=O) groups excluding carboxylic acids is 1. The second-order valence-electron chi connectivity index (χ2n) is 5.25. The number of nitrogens with zero attached hydrogens (tertiary/aromatic N) is 4. The molecule has 21 heavy (non-hydrogen) atoms. The molecule has 1 fully saturated rings. The van der Waals surface area contributed by atoms with Crippen LogP contribution < -0.4 is 5.32 Å². The summed E-state index contributed by atoms with van der Waals surface area (Å²) in [4.78, 5) is 20.6. The Morgan fingerprint density at radius 1 is 1.48 bits per heavy atom. The fourth-order valence-corrected chi connectivity index (χ4v) is 2.40. The van der Waals surface area contributed by atoms with E-state index in [2.05, 4.69) is 31.8 Å². The molecule has 2 heterocycles. The zero-order chi connectivity index (χ0) is 15.2. The number of carbonyl (C=O) groups is 1. The molecule has 0 radical (unpaired) electrons. The molecule has 2 rings (SSSR count). The smallest absolute Gasteiger partial charge is 0.237 e. The Balaban J connectivity index is 1.77. The predicted molar refractivity (Wildman–Crippen MR) is 78.6 cm³/mol. The SMILES string of the molecule is C=CCNC(=O)[C@@H](C)N1CCN(Cc2noc(C)n2)CC1. The molecule has 7 nitrogen and oxygen atoms in total. The topological polar surface area (TPSA) is 74.5 Å². The van der Waals surface area contributed by atoms with Crippen LogP contribution in [0.1, 0.15) is 18.6 Å². The van der Waals surface area contributed by atoms with Gasteiger partial charge in [-0.25, -0.2) is 0 Å². The van der Waals surface area contributed by atoms with E-state index in [0.717, 1.165) is 32.0 Å². The minimum Gasteiger partial charge on any atom is -0.351 e. The first-order valence-electron chi connectivity index (χ1n) is 7.24. The highest BCUT2D eigenvalue weighted by atomic mass is 16.5. The molecule has 1 aliphatic heterocycles. The lowest BCUT2D eigenvalue weighted by atomic mass is 10.2. The van der Waals surface area contributed by atoms with Gasteiger partial charge in [0.2, 0.25) is 11.8 Å². The van der Waals surface area contributed by atoms with Crippen molar-refractivity contribution in [3.8, 4) is 0 Å².